The number of aromatic amines is 1. The Labute approximate surface area is 135 Å². The predicted octanol–water partition coefficient (Wildman–Crippen LogP) is 2.36. The van der Waals surface area contributed by atoms with Gasteiger partial charge in [-0.3, -0.25) is 0 Å². The van der Waals surface area contributed by atoms with Crippen molar-refractivity contribution in [3.05, 3.63) is 29.6 Å². The maximum atomic E-state index is 12.2. The number of hydrogen-bond donors (Lipinski definition) is 2. The highest BCUT2D eigenvalue weighted by Gasteiger charge is 2.23. The molecule has 0 radical (unpaired) electrons. The molecule has 0 unspecified atom stereocenters. The molecule has 120 valence electrons. The van der Waals surface area contributed by atoms with Gasteiger partial charge in [-0.2, -0.15) is 5.26 Å². The van der Waals surface area contributed by atoms with E-state index < -0.39 is 0 Å². The molecule has 0 aliphatic carbocycles. The molecule has 23 heavy (non-hydrogen) atoms. The van der Waals surface area contributed by atoms with E-state index in [4.69, 9.17) is 5.26 Å². The fourth-order valence-corrected chi connectivity index (χ4v) is 3.01. The van der Waals surface area contributed by atoms with Gasteiger partial charge in [-0.1, -0.05) is 12.1 Å². The van der Waals surface area contributed by atoms with Gasteiger partial charge in [-0.05, 0) is 31.4 Å². The molecule has 3 rings (SSSR count). The van der Waals surface area contributed by atoms with E-state index in [1.165, 1.54) is 0 Å². The van der Waals surface area contributed by atoms with Gasteiger partial charge in [-0.15, -0.1) is 0 Å². The van der Waals surface area contributed by atoms with Crippen LogP contribution < -0.4 is 5.32 Å². The minimum Gasteiger partial charge on any atom is -0.342 e. The van der Waals surface area contributed by atoms with Crippen LogP contribution in [0.25, 0.3) is 11.0 Å². The maximum Gasteiger partial charge on any atom is 0.317 e. The summed E-state index contributed by atoms with van der Waals surface area (Å²) in [6.07, 6.45) is 2.45. The largest absolute Gasteiger partial charge is 0.342 e. The topological polar surface area (TPSA) is 84.8 Å². The second kappa shape index (κ2) is 6.69. The summed E-state index contributed by atoms with van der Waals surface area (Å²) in [5.74, 6) is 0.844. The lowest BCUT2D eigenvalue weighted by molar-refractivity contribution is 0.176. The highest BCUT2D eigenvalue weighted by molar-refractivity contribution is 5.78. The summed E-state index contributed by atoms with van der Waals surface area (Å²) in [5, 5.41) is 11.9. The predicted molar refractivity (Wildman–Crippen MR) is 87.8 cm³/mol. The summed E-state index contributed by atoms with van der Waals surface area (Å²) in [6, 6.07) is 8.22. The van der Waals surface area contributed by atoms with Crippen LogP contribution in [0.4, 0.5) is 4.79 Å². The third-order valence-corrected chi connectivity index (χ3v) is 4.29. The molecule has 0 bridgehead atoms. The molecule has 0 spiro atoms. The second-order valence-corrected chi connectivity index (χ2v) is 6.05. The number of imidazole rings is 1. The van der Waals surface area contributed by atoms with Crippen LogP contribution in [0.5, 0.6) is 0 Å². The van der Waals surface area contributed by atoms with E-state index in [1.807, 2.05) is 25.1 Å². The van der Waals surface area contributed by atoms with E-state index in [2.05, 4.69) is 21.4 Å². The number of H-pyrrole nitrogens is 1. The van der Waals surface area contributed by atoms with Gasteiger partial charge in [0.05, 0.1) is 23.0 Å². The first kappa shape index (κ1) is 15.3. The van der Waals surface area contributed by atoms with Crippen LogP contribution in [0, 0.1) is 24.2 Å². The zero-order chi connectivity index (χ0) is 16.2. The first-order valence-corrected chi connectivity index (χ1v) is 8.04. The number of fused-ring (bicyclic) bond motifs is 1. The van der Waals surface area contributed by atoms with Crippen LogP contribution in [-0.2, 0) is 6.42 Å². The highest BCUT2D eigenvalue weighted by Crippen LogP contribution is 2.16. The van der Waals surface area contributed by atoms with Crippen LogP contribution in [0.15, 0.2) is 18.2 Å². The SMILES string of the molecule is Cc1cccc2[nH]c(CCNC(=O)N3CCC[C@@H](C#N)C3)nc12. The quantitative estimate of drug-likeness (QED) is 0.912. The molecule has 1 saturated heterocycles. The number of para-hydroxylation sites is 1. The molecule has 6 nitrogen and oxygen atoms in total. The van der Waals surface area contributed by atoms with Crippen molar-refractivity contribution in [3.8, 4) is 6.07 Å². The Morgan fingerprint density at radius 3 is 3.22 bits per heavy atom. The van der Waals surface area contributed by atoms with E-state index in [9.17, 15) is 4.79 Å². The minimum absolute atomic E-state index is 0.0344. The molecule has 2 amide bonds. The maximum absolute atomic E-state index is 12.2. The van der Waals surface area contributed by atoms with Gasteiger partial charge in [-0.25, -0.2) is 9.78 Å². The minimum atomic E-state index is -0.0859. The van der Waals surface area contributed by atoms with Gasteiger partial charge < -0.3 is 15.2 Å². The molecule has 1 aliphatic rings. The van der Waals surface area contributed by atoms with Crippen molar-refractivity contribution in [2.45, 2.75) is 26.2 Å². The zero-order valence-electron chi connectivity index (χ0n) is 13.3. The highest BCUT2D eigenvalue weighted by atomic mass is 16.2. The zero-order valence-corrected chi connectivity index (χ0v) is 13.3. The molecule has 0 saturated carbocycles. The van der Waals surface area contributed by atoms with Crippen LogP contribution in [0.1, 0.15) is 24.2 Å². The molecule has 1 aliphatic heterocycles. The molecule has 1 aromatic heterocycles. The summed E-state index contributed by atoms with van der Waals surface area (Å²) < 4.78 is 0. The summed E-state index contributed by atoms with van der Waals surface area (Å²) >= 11 is 0. The van der Waals surface area contributed by atoms with Crippen molar-refractivity contribution in [3.63, 3.8) is 0 Å². The van der Waals surface area contributed by atoms with Gasteiger partial charge in [0.2, 0.25) is 0 Å². The fourth-order valence-electron chi connectivity index (χ4n) is 3.01. The Bertz CT molecular complexity index is 745. The van der Waals surface area contributed by atoms with E-state index in [0.29, 0.717) is 19.5 Å². The smallest absolute Gasteiger partial charge is 0.317 e. The number of nitrogens with one attached hydrogen (secondary N) is 2. The Morgan fingerprint density at radius 1 is 1.57 bits per heavy atom. The number of carbonyl (C=O) groups is 1. The van der Waals surface area contributed by atoms with E-state index in [0.717, 1.165) is 41.8 Å². The number of rotatable bonds is 3. The number of piperidine rings is 1. The number of likely N-dealkylation sites (tertiary alicyclic amines) is 1. The second-order valence-electron chi connectivity index (χ2n) is 6.05. The first-order chi connectivity index (χ1) is 11.2. The Balaban J connectivity index is 1.53. The molecular formula is C17H21N5O. The summed E-state index contributed by atoms with van der Waals surface area (Å²) in [5.41, 5.74) is 3.16. The number of aromatic nitrogens is 2. The van der Waals surface area contributed by atoms with Gasteiger partial charge in [0.15, 0.2) is 0 Å². The van der Waals surface area contributed by atoms with Crippen molar-refractivity contribution >= 4 is 17.1 Å². The number of hydrogen-bond acceptors (Lipinski definition) is 3. The Morgan fingerprint density at radius 2 is 2.43 bits per heavy atom. The number of nitrogens with zero attached hydrogens (tertiary/aromatic N) is 3. The molecule has 2 aromatic rings. The lowest BCUT2D eigenvalue weighted by Gasteiger charge is -2.29. The standard InChI is InChI=1S/C17H21N5O/c1-12-4-2-6-14-16(12)21-15(20-14)7-8-19-17(23)22-9-3-5-13(10-18)11-22/h2,4,6,13H,3,5,7-9,11H2,1H3,(H,19,23)(H,20,21)/t13-/m0/s1. The Kier molecular flexibility index (Phi) is 4.47. The van der Waals surface area contributed by atoms with Crippen LogP contribution in [-0.4, -0.2) is 40.5 Å². The normalized spacial score (nSPS) is 17.9. The molecule has 1 aromatic carbocycles. The number of urea groups is 1. The van der Waals surface area contributed by atoms with Crippen molar-refractivity contribution in [1.82, 2.24) is 20.2 Å². The first-order valence-electron chi connectivity index (χ1n) is 8.04. The average molecular weight is 311 g/mol. The van der Waals surface area contributed by atoms with Crippen molar-refractivity contribution in [1.29, 1.82) is 5.26 Å². The molecule has 6 heteroatoms. The van der Waals surface area contributed by atoms with E-state index in [1.54, 1.807) is 4.90 Å². The molecule has 1 fully saturated rings. The van der Waals surface area contributed by atoms with Gasteiger partial charge in [0.1, 0.15) is 5.82 Å². The molecular weight excluding hydrogens is 290 g/mol. The van der Waals surface area contributed by atoms with Gasteiger partial charge >= 0.3 is 6.03 Å². The van der Waals surface area contributed by atoms with Crippen molar-refractivity contribution in [2.75, 3.05) is 19.6 Å². The number of nitriles is 1. The number of aryl methyl sites for hydroxylation is 1. The average Bonchev–Trinajstić information content (AvgIpc) is 2.99. The van der Waals surface area contributed by atoms with E-state index in [-0.39, 0.29) is 11.9 Å². The number of amides is 2. The third kappa shape index (κ3) is 3.45. The summed E-state index contributed by atoms with van der Waals surface area (Å²) in [4.78, 5) is 21.8. The van der Waals surface area contributed by atoms with Crippen LogP contribution in [0.2, 0.25) is 0 Å². The summed E-state index contributed by atoms with van der Waals surface area (Å²) in [6.45, 7) is 3.84. The molecule has 1 atom stereocenters. The summed E-state index contributed by atoms with van der Waals surface area (Å²) in [7, 11) is 0. The molecule has 2 heterocycles. The van der Waals surface area contributed by atoms with Gasteiger partial charge in [0.25, 0.3) is 0 Å². The van der Waals surface area contributed by atoms with Crippen LogP contribution >= 0.6 is 0 Å². The van der Waals surface area contributed by atoms with E-state index >= 15 is 0 Å². The number of carbonyl (C=O) groups excluding carboxylic acids is 1. The lowest BCUT2D eigenvalue weighted by Crippen LogP contribution is -2.45. The lowest BCUT2D eigenvalue weighted by atomic mass is 10.0. The van der Waals surface area contributed by atoms with Crippen molar-refractivity contribution < 1.29 is 4.79 Å². The van der Waals surface area contributed by atoms with Gasteiger partial charge in [0, 0.05) is 26.1 Å². The Hall–Kier alpha value is -2.55. The third-order valence-electron chi connectivity index (χ3n) is 4.29. The fraction of sp³-hybridized carbons (Fsp3) is 0.471. The van der Waals surface area contributed by atoms with Crippen molar-refractivity contribution in [2.24, 2.45) is 5.92 Å². The molecule has 2 N–H and O–H groups in total. The van der Waals surface area contributed by atoms with Crippen LogP contribution in [0.3, 0.4) is 0 Å². The number of benzene rings is 1. The monoisotopic (exact) mass is 311 g/mol.